The third-order valence-electron chi connectivity index (χ3n) is 2.03. The first kappa shape index (κ1) is 11.9. The molecule has 0 spiro atoms. The van der Waals surface area contributed by atoms with Gasteiger partial charge >= 0.3 is 0 Å². The topological polar surface area (TPSA) is 69.6 Å². The van der Waals surface area contributed by atoms with Crippen LogP contribution >= 0.6 is 0 Å². The van der Waals surface area contributed by atoms with Gasteiger partial charge in [-0.25, -0.2) is 0 Å². The number of rotatable bonds is 3. The number of hydrogen-bond acceptors (Lipinski definition) is 3. The van der Waals surface area contributed by atoms with Crippen LogP contribution in [0.3, 0.4) is 0 Å². The first-order chi connectivity index (χ1) is 7.54. The number of terminal acetylenes is 1. The fourth-order valence-corrected chi connectivity index (χ4v) is 1.24. The molecule has 0 saturated heterocycles. The van der Waals surface area contributed by atoms with Crippen molar-refractivity contribution < 1.29 is 15.0 Å². The summed E-state index contributed by atoms with van der Waals surface area (Å²) in [5, 5.41) is 21.2. The Morgan fingerprint density at radius 1 is 1.56 bits per heavy atom. The Kier molecular flexibility index (Phi) is 3.78. The molecule has 1 aromatic carbocycles. The third kappa shape index (κ3) is 2.92. The lowest BCUT2D eigenvalue weighted by molar-refractivity contribution is 0.0938. The maximum absolute atomic E-state index is 11.7. The van der Waals surface area contributed by atoms with Crippen molar-refractivity contribution in [2.75, 3.05) is 0 Å². The number of phenols is 2. The monoisotopic (exact) mass is 219 g/mol. The SMILES string of the molecule is C#CCC(C)NC(=O)c1cc(O)ccc1O. The second kappa shape index (κ2) is 5.08. The van der Waals surface area contributed by atoms with E-state index in [9.17, 15) is 15.0 Å². The predicted molar refractivity (Wildman–Crippen MR) is 60.1 cm³/mol. The van der Waals surface area contributed by atoms with Crippen LogP contribution in [0.25, 0.3) is 0 Å². The zero-order valence-electron chi connectivity index (χ0n) is 8.90. The minimum atomic E-state index is -0.462. The molecule has 0 heterocycles. The zero-order valence-corrected chi connectivity index (χ0v) is 8.90. The highest BCUT2D eigenvalue weighted by atomic mass is 16.3. The minimum Gasteiger partial charge on any atom is -0.508 e. The van der Waals surface area contributed by atoms with Crippen LogP contribution in [-0.4, -0.2) is 22.2 Å². The molecule has 1 amide bonds. The maximum atomic E-state index is 11.7. The number of aromatic hydroxyl groups is 2. The average Bonchev–Trinajstić information content (AvgIpc) is 2.21. The Hall–Kier alpha value is -2.15. The Morgan fingerprint density at radius 3 is 2.88 bits per heavy atom. The average molecular weight is 219 g/mol. The molecule has 1 unspecified atom stereocenters. The number of carbonyl (C=O) groups is 1. The van der Waals surface area contributed by atoms with Gasteiger partial charge in [-0.2, -0.15) is 0 Å². The summed E-state index contributed by atoms with van der Waals surface area (Å²) >= 11 is 0. The van der Waals surface area contributed by atoms with Gasteiger partial charge in [-0.3, -0.25) is 4.79 Å². The highest BCUT2D eigenvalue weighted by Gasteiger charge is 2.13. The predicted octanol–water partition coefficient (Wildman–Crippen LogP) is 1.24. The second-order valence-corrected chi connectivity index (χ2v) is 3.48. The van der Waals surface area contributed by atoms with E-state index in [4.69, 9.17) is 6.42 Å². The summed E-state index contributed by atoms with van der Waals surface area (Å²) in [4.78, 5) is 11.7. The molecule has 4 nitrogen and oxygen atoms in total. The molecule has 0 aliphatic heterocycles. The van der Waals surface area contributed by atoms with Gasteiger partial charge in [0.15, 0.2) is 0 Å². The maximum Gasteiger partial charge on any atom is 0.255 e. The van der Waals surface area contributed by atoms with E-state index in [1.807, 2.05) is 0 Å². The van der Waals surface area contributed by atoms with E-state index in [1.54, 1.807) is 6.92 Å². The molecule has 1 rings (SSSR count). The molecule has 0 radical (unpaired) electrons. The van der Waals surface area contributed by atoms with Crippen LogP contribution in [0.4, 0.5) is 0 Å². The van der Waals surface area contributed by atoms with Gasteiger partial charge in [-0.1, -0.05) is 0 Å². The quantitative estimate of drug-likeness (QED) is 0.529. The summed E-state index contributed by atoms with van der Waals surface area (Å²) in [6.45, 7) is 1.76. The standard InChI is InChI=1S/C12H13NO3/c1-3-4-8(2)13-12(16)10-7-9(14)5-6-11(10)15/h1,5-8,14-15H,4H2,2H3,(H,13,16). The molecule has 16 heavy (non-hydrogen) atoms. The van der Waals surface area contributed by atoms with E-state index >= 15 is 0 Å². The molecule has 0 aliphatic carbocycles. The molecule has 0 bridgehead atoms. The van der Waals surface area contributed by atoms with Crippen molar-refractivity contribution in [1.29, 1.82) is 0 Å². The summed E-state index contributed by atoms with van der Waals surface area (Å²) in [6.07, 6.45) is 5.52. The fraction of sp³-hybridized carbons (Fsp3) is 0.250. The van der Waals surface area contributed by atoms with Gasteiger partial charge in [0.05, 0.1) is 5.56 Å². The van der Waals surface area contributed by atoms with Crippen LogP contribution in [0.5, 0.6) is 11.5 Å². The molecule has 0 fully saturated rings. The Labute approximate surface area is 93.9 Å². The highest BCUT2D eigenvalue weighted by molar-refractivity contribution is 5.97. The smallest absolute Gasteiger partial charge is 0.255 e. The van der Waals surface area contributed by atoms with Gasteiger partial charge in [0.25, 0.3) is 5.91 Å². The van der Waals surface area contributed by atoms with Gasteiger partial charge in [-0.15, -0.1) is 12.3 Å². The Morgan fingerprint density at radius 2 is 2.25 bits per heavy atom. The van der Waals surface area contributed by atoms with E-state index in [0.29, 0.717) is 6.42 Å². The summed E-state index contributed by atoms with van der Waals surface area (Å²) < 4.78 is 0. The molecule has 0 saturated carbocycles. The number of benzene rings is 1. The largest absolute Gasteiger partial charge is 0.508 e. The van der Waals surface area contributed by atoms with Crippen LogP contribution in [0.2, 0.25) is 0 Å². The van der Waals surface area contributed by atoms with E-state index in [0.717, 1.165) is 0 Å². The first-order valence-corrected chi connectivity index (χ1v) is 4.81. The summed E-state index contributed by atoms with van der Waals surface area (Å²) in [5.41, 5.74) is 0.0314. The molecular weight excluding hydrogens is 206 g/mol. The van der Waals surface area contributed by atoms with E-state index in [2.05, 4.69) is 11.2 Å². The Balaban J connectivity index is 2.81. The van der Waals surface area contributed by atoms with Crippen molar-refractivity contribution >= 4 is 5.91 Å². The highest BCUT2D eigenvalue weighted by Crippen LogP contribution is 2.21. The number of phenolic OH excluding ortho intramolecular Hbond substituents is 2. The van der Waals surface area contributed by atoms with Crippen molar-refractivity contribution in [1.82, 2.24) is 5.32 Å². The summed E-state index contributed by atoms with van der Waals surface area (Å²) in [7, 11) is 0. The van der Waals surface area contributed by atoms with Gasteiger partial charge in [-0.05, 0) is 25.1 Å². The minimum absolute atomic E-state index is 0.0314. The number of hydrogen-bond donors (Lipinski definition) is 3. The first-order valence-electron chi connectivity index (χ1n) is 4.81. The van der Waals surface area contributed by atoms with Gasteiger partial charge < -0.3 is 15.5 Å². The van der Waals surface area contributed by atoms with Gasteiger partial charge in [0.2, 0.25) is 0 Å². The van der Waals surface area contributed by atoms with Crippen molar-refractivity contribution in [3.63, 3.8) is 0 Å². The van der Waals surface area contributed by atoms with E-state index in [-0.39, 0.29) is 23.1 Å². The molecule has 0 aliphatic rings. The van der Waals surface area contributed by atoms with Gasteiger partial charge in [0, 0.05) is 12.5 Å². The normalized spacial score (nSPS) is 11.5. The van der Waals surface area contributed by atoms with Crippen LogP contribution in [0.1, 0.15) is 23.7 Å². The van der Waals surface area contributed by atoms with Crippen LogP contribution in [0, 0.1) is 12.3 Å². The van der Waals surface area contributed by atoms with Crippen LogP contribution in [0.15, 0.2) is 18.2 Å². The third-order valence-corrected chi connectivity index (χ3v) is 2.03. The van der Waals surface area contributed by atoms with Crippen molar-refractivity contribution in [3.8, 4) is 23.8 Å². The summed E-state index contributed by atoms with van der Waals surface area (Å²) in [6, 6.07) is 3.58. The molecule has 4 heteroatoms. The van der Waals surface area contributed by atoms with E-state index in [1.165, 1.54) is 18.2 Å². The number of carbonyl (C=O) groups excluding carboxylic acids is 1. The molecular formula is C12H13NO3. The number of amides is 1. The summed E-state index contributed by atoms with van der Waals surface area (Å²) in [5.74, 6) is 1.71. The van der Waals surface area contributed by atoms with Crippen LogP contribution in [-0.2, 0) is 0 Å². The molecule has 3 N–H and O–H groups in total. The second-order valence-electron chi connectivity index (χ2n) is 3.48. The van der Waals surface area contributed by atoms with Crippen molar-refractivity contribution in [2.24, 2.45) is 0 Å². The number of nitrogens with one attached hydrogen (secondary N) is 1. The lowest BCUT2D eigenvalue weighted by Gasteiger charge is -2.11. The van der Waals surface area contributed by atoms with Crippen molar-refractivity contribution in [3.05, 3.63) is 23.8 Å². The lowest BCUT2D eigenvalue weighted by atomic mass is 10.1. The van der Waals surface area contributed by atoms with Crippen LogP contribution < -0.4 is 5.32 Å². The lowest BCUT2D eigenvalue weighted by Crippen LogP contribution is -2.32. The zero-order chi connectivity index (χ0) is 12.1. The molecule has 0 aromatic heterocycles. The molecule has 1 atom stereocenters. The molecule has 84 valence electrons. The fourth-order valence-electron chi connectivity index (χ4n) is 1.24. The molecule has 1 aromatic rings. The Bertz CT molecular complexity index is 434. The van der Waals surface area contributed by atoms with E-state index < -0.39 is 5.91 Å². The van der Waals surface area contributed by atoms with Crippen molar-refractivity contribution in [2.45, 2.75) is 19.4 Å². The van der Waals surface area contributed by atoms with Gasteiger partial charge in [0.1, 0.15) is 11.5 Å².